The van der Waals surface area contributed by atoms with Gasteiger partial charge in [0.1, 0.15) is 17.3 Å². The van der Waals surface area contributed by atoms with E-state index in [0.29, 0.717) is 17.9 Å². The highest BCUT2D eigenvalue weighted by molar-refractivity contribution is 5.95. The quantitative estimate of drug-likeness (QED) is 0.912. The van der Waals surface area contributed by atoms with E-state index in [1.807, 2.05) is 19.1 Å². The number of likely N-dealkylation sites (tertiary alicyclic amines) is 1. The fourth-order valence-electron chi connectivity index (χ4n) is 2.97. The minimum absolute atomic E-state index is 0.0604. The second-order valence-electron chi connectivity index (χ2n) is 5.82. The molecule has 1 saturated heterocycles. The fraction of sp³-hybridized carbons (Fsp3) is 0.333. The summed E-state index contributed by atoms with van der Waals surface area (Å²) in [6, 6.07) is 10.4. The van der Waals surface area contributed by atoms with Crippen molar-refractivity contribution in [2.24, 2.45) is 0 Å². The van der Waals surface area contributed by atoms with E-state index in [0.717, 1.165) is 24.4 Å². The number of ether oxygens (including phenoxy) is 1. The monoisotopic (exact) mass is 329 g/mol. The first kappa shape index (κ1) is 16.1. The molecular formula is C18H19NO5. The van der Waals surface area contributed by atoms with Crippen molar-refractivity contribution in [1.82, 2.24) is 4.90 Å². The van der Waals surface area contributed by atoms with Gasteiger partial charge in [0.2, 0.25) is 0 Å². The van der Waals surface area contributed by atoms with Crippen LogP contribution in [0.15, 0.2) is 40.8 Å². The van der Waals surface area contributed by atoms with E-state index in [1.54, 1.807) is 29.2 Å². The van der Waals surface area contributed by atoms with Crippen LogP contribution in [0.1, 0.15) is 40.8 Å². The molecule has 3 rings (SSSR count). The first-order valence-corrected chi connectivity index (χ1v) is 7.86. The van der Waals surface area contributed by atoms with Gasteiger partial charge in [-0.1, -0.05) is 6.07 Å². The zero-order chi connectivity index (χ0) is 17.1. The summed E-state index contributed by atoms with van der Waals surface area (Å²) in [6.07, 6.45) is 1.79. The second-order valence-corrected chi connectivity index (χ2v) is 5.82. The molecule has 6 nitrogen and oxygen atoms in total. The Hall–Kier alpha value is -2.76. The summed E-state index contributed by atoms with van der Waals surface area (Å²) in [4.78, 5) is 25.2. The predicted molar refractivity (Wildman–Crippen MR) is 86.0 cm³/mol. The molecule has 0 saturated carbocycles. The number of amides is 1. The van der Waals surface area contributed by atoms with Gasteiger partial charge in [0, 0.05) is 12.1 Å². The number of carboxylic acids is 1. The van der Waals surface area contributed by atoms with Crippen molar-refractivity contribution < 1.29 is 23.8 Å². The summed E-state index contributed by atoms with van der Waals surface area (Å²) in [7, 11) is 0. The molecule has 1 amide bonds. The number of aliphatic carboxylic acids is 1. The van der Waals surface area contributed by atoms with Gasteiger partial charge in [0.05, 0.1) is 6.04 Å². The molecule has 1 fully saturated rings. The molecule has 0 bridgehead atoms. The molecule has 1 N–H and O–H groups in total. The third-order valence-corrected chi connectivity index (χ3v) is 4.05. The summed E-state index contributed by atoms with van der Waals surface area (Å²) in [5.41, 5.74) is 0.480. The van der Waals surface area contributed by atoms with Crippen molar-refractivity contribution in [1.29, 1.82) is 0 Å². The van der Waals surface area contributed by atoms with Gasteiger partial charge in [-0.3, -0.25) is 4.79 Å². The topological polar surface area (TPSA) is 80.0 Å². The second kappa shape index (κ2) is 6.78. The molecule has 0 radical (unpaired) electrons. The van der Waals surface area contributed by atoms with Gasteiger partial charge in [0.15, 0.2) is 6.61 Å². The van der Waals surface area contributed by atoms with Gasteiger partial charge in [-0.2, -0.15) is 0 Å². The highest BCUT2D eigenvalue weighted by Gasteiger charge is 2.32. The summed E-state index contributed by atoms with van der Waals surface area (Å²) < 4.78 is 10.8. The lowest BCUT2D eigenvalue weighted by Gasteiger charge is -2.23. The van der Waals surface area contributed by atoms with Gasteiger partial charge < -0.3 is 19.2 Å². The van der Waals surface area contributed by atoms with E-state index < -0.39 is 12.6 Å². The third kappa shape index (κ3) is 3.42. The Kier molecular flexibility index (Phi) is 4.55. The SMILES string of the molecule is Cc1ccc(C2CCCN2C(=O)c2cccc(OCC(=O)O)c2)o1. The molecule has 24 heavy (non-hydrogen) atoms. The zero-order valence-electron chi connectivity index (χ0n) is 13.4. The molecule has 6 heteroatoms. The zero-order valence-corrected chi connectivity index (χ0v) is 13.4. The number of benzene rings is 1. The van der Waals surface area contributed by atoms with E-state index in [1.165, 1.54) is 0 Å². The average molecular weight is 329 g/mol. The molecule has 2 heterocycles. The smallest absolute Gasteiger partial charge is 0.341 e. The van der Waals surface area contributed by atoms with E-state index in [9.17, 15) is 9.59 Å². The Morgan fingerprint density at radius 3 is 2.88 bits per heavy atom. The van der Waals surface area contributed by atoms with Crippen LogP contribution in [0.4, 0.5) is 0 Å². The van der Waals surface area contributed by atoms with Crippen LogP contribution in [-0.4, -0.2) is 35.0 Å². The van der Waals surface area contributed by atoms with Crippen molar-refractivity contribution in [3.05, 3.63) is 53.5 Å². The number of hydrogen-bond acceptors (Lipinski definition) is 4. The van der Waals surface area contributed by atoms with Crippen LogP contribution >= 0.6 is 0 Å². The van der Waals surface area contributed by atoms with Gasteiger partial charge in [0.25, 0.3) is 5.91 Å². The number of hydrogen-bond donors (Lipinski definition) is 1. The number of aryl methyl sites for hydroxylation is 1. The van der Waals surface area contributed by atoms with Crippen LogP contribution in [-0.2, 0) is 4.79 Å². The lowest BCUT2D eigenvalue weighted by atomic mass is 10.1. The molecule has 2 aromatic rings. The van der Waals surface area contributed by atoms with E-state index in [4.69, 9.17) is 14.3 Å². The van der Waals surface area contributed by atoms with E-state index >= 15 is 0 Å². The number of furan rings is 1. The van der Waals surface area contributed by atoms with Crippen LogP contribution in [0.5, 0.6) is 5.75 Å². The first-order valence-electron chi connectivity index (χ1n) is 7.86. The van der Waals surface area contributed by atoms with Crippen LogP contribution < -0.4 is 4.74 Å². The standard InChI is InChI=1S/C18H19NO5/c1-12-7-8-16(24-12)15-6-3-9-19(15)18(22)13-4-2-5-14(10-13)23-11-17(20)21/h2,4-5,7-8,10,15H,3,6,9,11H2,1H3,(H,20,21). The first-order chi connectivity index (χ1) is 11.5. The number of rotatable bonds is 5. The molecule has 1 aromatic heterocycles. The van der Waals surface area contributed by atoms with Gasteiger partial charge in [-0.15, -0.1) is 0 Å². The van der Waals surface area contributed by atoms with Gasteiger partial charge >= 0.3 is 5.97 Å². The lowest BCUT2D eigenvalue weighted by molar-refractivity contribution is -0.139. The van der Waals surface area contributed by atoms with Gasteiger partial charge in [-0.25, -0.2) is 4.79 Å². The normalized spacial score (nSPS) is 17.0. The number of carbonyl (C=O) groups is 2. The van der Waals surface area contributed by atoms with Crippen molar-refractivity contribution in [2.45, 2.75) is 25.8 Å². The van der Waals surface area contributed by atoms with Gasteiger partial charge in [-0.05, 0) is 50.1 Å². The highest BCUT2D eigenvalue weighted by atomic mass is 16.5. The fourth-order valence-corrected chi connectivity index (χ4v) is 2.97. The van der Waals surface area contributed by atoms with Crippen LogP contribution in [0, 0.1) is 6.92 Å². The maximum absolute atomic E-state index is 12.8. The Morgan fingerprint density at radius 1 is 1.33 bits per heavy atom. The molecule has 126 valence electrons. The Bertz CT molecular complexity index is 751. The molecule has 1 aliphatic rings. The molecule has 0 aliphatic carbocycles. The number of carbonyl (C=O) groups excluding carboxylic acids is 1. The molecule has 0 spiro atoms. The summed E-state index contributed by atoms with van der Waals surface area (Å²) >= 11 is 0. The maximum Gasteiger partial charge on any atom is 0.341 e. The van der Waals surface area contributed by atoms with E-state index in [2.05, 4.69) is 0 Å². The number of nitrogens with zero attached hydrogens (tertiary/aromatic N) is 1. The molecular weight excluding hydrogens is 310 g/mol. The minimum Gasteiger partial charge on any atom is -0.482 e. The highest BCUT2D eigenvalue weighted by Crippen LogP contribution is 2.34. The average Bonchev–Trinajstić information content (AvgIpc) is 3.21. The minimum atomic E-state index is -1.06. The van der Waals surface area contributed by atoms with E-state index in [-0.39, 0.29) is 11.9 Å². The third-order valence-electron chi connectivity index (χ3n) is 4.05. The molecule has 1 aliphatic heterocycles. The van der Waals surface area contributed by atoms with Crippen LogP contribution in [0.3, 0.4) is 0 Å². The molecule has 1 unspecified atom stereocenters. The van der Waals surface area contributed by atoms with Crippen molar-refractivity contribution in [3.8, 4) is 5.75 Å². The lowest BCUT2D eigenvalue weighted by Crippen LogP contribution is -2.30. The Morgan fingerprint density at radius 2 is 2.17 bits per heavy atom. The molecule has 1 atom stereocenters. The van der Waals surface area contributed by atoms with Crippen LogP contribution in [0.2, 0.25) is 0 Å². The van der Waals surface area contributed by atoms with Crippen molar-refractivity contribution in [2.75, 3.05) is 13.2 Å². The summed E-state index contributed by atoms with van der Waals surface area (Å²) in [6.45, 7) is 2.12. The Balaban J connectivity index is 1.78. The summed E-state index contributed by atoms with van der Waals surface area (Å²) in [5.74, 6) is 0.838. The Labute approximate surface area is 139 Å². The van der Waals surface area contributed by atoms with Crippen molar-refractivity contribution in [3.63, 3.8) is 0 Å². The van der Waals surface area contributed by atoms with Crippen molar-refractivity contribution >= 4 is 11.9 Å². The largest absolute Gasteiger partial charge is 0.482 e. The number of carboxylic acid groups (broad SMARTS) is 1. The van der Waals surface area contributed by atoms with Crippen LogP contribution in [0.25, 0.3) is 0 Å². The maximum atomic E-state index is 12.8. The molecule has 1 aromatic carbocycles. The summed E-state index contributed by atoms with van der Waals surface area (Å²) in [5, 5.41) is 8.68. The predicted octanol–water partition coefficient (Wildman–Crippen LogP) is 3.03.